The number of hydrogen-bond donors (Lipinski definition) is 1. The van der Waals surface area contributed by atoms with E-state index in [1.54, 1.807) is 0 Å². The van der Waals surface area contributed by atoms with Gasteiger partial charge in [-0.1, -0.05) is 34.1 Å². The zero-order valence-corrected chi connectivity index (χ0v) is 12.5. The molecule has 1 aromatic rings. The maximum Gasteiger partial charge on any atom is 0.183 e. The van der Waals surface area contributed by atoms with Crippen molar-refractivity contribution in [3.05, 3.63) is 34.3 Å². The summed E-state index contributed by atoms with van der Waals surface area (Å²) in [6.45, 7) is 7.77. The third kappa shape index (κ3) is 2.66. The summed E-state index contributed by atoms with van der Waals surface area (Å²) in [6.07, 6.45) is 0. The first kappa shape index (κ1) is 13.7. The molecular formula is C14H19BrN2O. The summed E-state index contributed by atoms with van der Waals surface area (Å²) in [6, 6.07) is 7.64. The Labute approximate surface area is 117 Å². The van der Waals surface area contributed by atoms with Crippen LogP contribution in [0.5, 0.6) is 0 Å². The van der Waals surface area contributed by atoms with Crippen LogP contribution in [0.4, 0.5) is 0 Å². The average Bonchev–Trinajstić information content (AvgIpc) is 2.39. The molecule has 98 valence electrons. The van der Waals surface area contributed by atoms with Crippen molar-refractivity contribution in [2.24, 2.45) is 0 Å². The van der Waals surface area contributed by atoms with Crippen LogP contribution < -0.4 is 5.32 Å². The Hall–Kier alpha value is -0.710. The first-order chi connectivity index (χ1) is 8.53. The van der Waals surface area contributed by atoms with Crippen molar-refractivity contribution in [1.29, 1.82) is 0 Å². The summed E-state index contributed by atoms with van der Waals surface area (Å²) < 4.78 is 0.873. The van der Waals surface area contributed by atoms with Gasteiger partial charge in [-0.15, -0.1) is 0 Å². The van der Waals surface area contributed by atoms with Crippen molar-refractivity contribution in [3.63, 3.8) is 0 Å². The molecule has 0 radical (unpaired) electrons. The molecule has 18 heavy (non-hydrogen) atoms. The summed E-state index contributed by atoms with van der Waals surface area (Å²) in [5, 5.41) is 3.31. The Morgan fingerprint density at radius 1 is 1.28 bits per heavy atom. The number of carbonyl (C=O) groups excluding carboxylic acids is 1. The molecule has 0 unspecified atom stereocenters. The lowest BCUT2D eigenvalue weighted by atomic mass is 9.90. The van der Waals surface area contributed by atoms with Crippen molar-refractivity contribution < 1.29 is 4.79 Å². The molecule has 1 heterocycles. The Bertz CT molecular complexity index is 439. The van der Waals surface area contributed by atoms with Gasteiger partial charge in [0.1, 0.15) is 0 Å². The van der Waals surface area contributed by atoms with Crippen LogP contribution in [0.1, 0.15) is 24.2 Å². The normalized spacial score (nSPS) is 17.7. The number of nitrogens with zero attached hydrogens (tertiary/aromatic N) is 1. The minimum absolute atomic E-state index is 0.178. The number of benzene rings is 1. The molecular weight excluding hydrogens is 292 g/mol. The van der Waals surface area contributed by atoms with Crippen molar-refractivity contribution in [2.45, 2.75) is 19.4 Å². The number of hydrogen-bond acceptors (Lipinski definition) is 3. The molecule has 0 amide bonds. The lowest BCUT2D eigenvalue weighted by Crippen LogP contribution is -2.57. The van der Waals surface area contributed by atoms with E-state index in [0.717, 1.165) is 36.2 Å². The van der Waals surface area contributed by atoms with Gasteiger partial charge < -0.3 is 5.32 Å². The second-order valence-corrected chi connectivity index (χ2v) is 5.96. The third-order valence-corrected chi connectivity index (χ3v) is 4.27. The molecule has 4 heteroatoms. The summed E-state index contributed by atoms with van der Waals surface area (Å²) in [7, 11) is 0. The van der Waals surface area contributed by atoms with E-state index in [1.807, 2.05) is 38.1 Å². The first-order valence-corrected chi connectivity index (χ1v) is 7.08. The largest absolute Gasteiger partial charge is 0.314 e. The molecule has 2 rings (SSSR count). The first-order valence-electron chi connectivity index (χ1n) is 6.28. The van der Waals surface area contributed by atoms with E-state index in [2.05, 4.69) is 26.1 Å². The highest BCUT2D eigenvalue weighted by Gasteiger charge is 2.36. The lowest BCUT2D eigenvalue weighted by molar-refractivity contribution is 0.0601. The van der Waals surface area contributed by atoms with Gasteiger partial charge in [0.25, 0.3) is 0 Å². The molecule has 0 aromatic heterocycles. The average molecular weight is 311 g/mol. The molecule has 1 aliphatic rings. The van der Waals surface area contributed by atoms with Crippen LogP contribution in [0.3, 0.4) is 0 Å². The standard InChI is InChI=1S/C14H19BrN2O/c1-14(2,17-9-7-16-8-10-17)13(18)11-5-3-4-6-12(11)15/h3-6,16H,7-10H2,1-2H3. The molecule has 1 saturated heterocycles. The zero-order chi connectivity index (χ0) is 13.2. The van der Waals surface area contributed by atoms with E-state index in [-0.39, 0.29) is 5.78 Å². The minimum atomic E-state index is -0.452. The Kier molecular flexibility index (Phi) is 4.20. The highest BCUT2D eigenvalue weighted by atomic mass is 79.9. The molecule has 1 N–H and O–H groups in total. The molecule has 1 aliphatic heterocycles. The summed E-state index contributed by atoms with van der Waals surface area (Å²) in [5.74, 6) is 0.178. The number of carbonyl (C=O) groups is 1. The fraction of sp³-hybridized carbons (Fsp3) is 0.500. The van der Waals surface area contributed by atoms with Crippen LogP contribution in [0.2, 0.25) is 0 Å². The van der Waals surface area contributed by atoms with E-state index in [0.29, 0.717) is 0 Å². The van der Waals surface area contributed by atoms with E-state index < -0.39 is 5.54 Å². The number of nitrogens with one attached hydrogen (secondary N) is 1. The molecule has 3 nitrogen and oxygen atoms in total. The lowest BCUT2D eigenvalue weighted by Gasteiger charge is -2.40. The fourth-order valence-electron chi connectivity index (χ4n) is 2.34. The van der Waals surface area contributed by atoms with Crippen LogP contribution in [-0.4, -0.2) is 42.4 Å². The van der Waals surface area contributed by atoms with Crippen molar-refractivity contribution >= 4 is 21.7 Å². The highest BCUT2D eigenvalue weighted by Crippen LogP contribution is 2.25. The smallest absolute Gasteiger partial charge is 0.183 e. The van der Waals surface area contributed by atoms with Crippen molar-refractivity contribution in [2.75, 3.05) is 26.2 Å². The van der Waals surface area contributed by atoms with Gasteiger partial charge >= 0.3 is 0 Å². The van der Waals surface area contributed by atoms with Crippen LogP contribution in [0.25, 0.3) is 0 Å². The highest BCUT2D eigenvalue weighted by molar-refractivity contribution is 9.10. The maximum absolute atomic E-state index is 12.7. The molecule has 1 fully saturated rings. The van der Waals surface area contributed by atoms with Gasteiger partial charge in [-0.2, -0.15) is 0 Å². The maximum atomic E-state index is 12.7. The number of rotatable bonds is 3. The van der Waals surface area contributed by atoms with Gasteiger partial charge in [-0.3, -0.25) is 9.69 Å². The summed E-state index contributed by atoms with van der Waals surface area (Å²) >= 11 is 3.46. The molecule has 1 aromatic carbocycles. The monoisotopic (exact) mass is 310 g/mol. The van der Waals surface area contributed by atoms with Gasteiger partial charge in [-0.05, 0) is 19.9 Å². The van der Waals surface area contributed by atoms with E-state index in [9.17, 15) is 4.79 Å². The van der Waals surface area contributed by atoms with Crippen LogP contribution in [0, 0.1) is 0 Å². The quantitative estimate of drug-likeness (QED) is 0.870. The predicted octanol–water partition coefficient (Wildman–Crippen LogP) is 2.32. The van der Waals surface area contributed by atoms with Gasteiger partial charge in [-0.25, -0.2) is 0 Å². The van der Waals surface area contributed by atoms with Gasteiger partial charge in [0.05, 0.1) is 5.54 Å². The van der Waals surface area contributed by atoms with Crippen LogP contribution >= 0.6 is 15.9 Å². The van der Waals surface area contributed by atoms with Gasteiger partial charge in [0.2, 0.25) is 0 Å². The van der Waals surface area contributed by atoms with Gasteiger partial charge in [0, 0.05) is 36.2 Å². The number of halogens is 1. The second kappa shape index (κ2) is 5.51. The predicted molar refractivity (Wildman–Crippen MR) is 77.0 cm³/mol. The van der Waals surface area contributed by atoms with Crippen LogP contribution in [0.15, 0.2) is 28.7 Å². The van der Waals surface area contributed by atoms with Crippen molar-refractivity contribution in [3.8, 4) is 0 Å². The molecule has 0 saturated carbocycles. The summed E-state index contributed by atoms with van der Waals surface area (Å²) in [5.41, 5.74) is 0.312. The van der Waals surface area contributed by atoms with E-state index >= 15 is 0 Å². The van der Waals surface area contributed by atoms with E-state index in [1.165, 1.54) is 0 Å². The van der Waals surface area contributed by atoms with Crippen molar-refractivity contribution in [1.82, 2.24) is 10.2 Å². The van der Waals surface area contributed by atoms with E-state index in [4.69, 9.17) is 0 Å². The molecule has 0 bridgehead atoms. The topological polar surface area (TPSA) is 32.3 Å². The third-order valence-electron chi connectivity index (χ3n) is 3.58. The molecule has 0 spiro atoms. The number of Topliss-reactive ketones (excluding diaryl/α,β-unsaturated/α-hetero) is 1. The number of ketones is 1. The summed E-state index contributed by atoms with van der Waals surface area (Å²) in [4.78, 5) is 14.9. The fourth-order valence-corrected chi connectivity index (χ4v) is 2.81. The number of piperazine rings is 1. The Balaban J connectivity index is 2.24. The Morgan fingerprint density at radius 3 is 2.50 bits per heavy atom. The molecule has 0 atom stereocenters. The SMILES string of the molecule is CC(C)(C(=O)c1ccccc1Br)N1CCNCC1. The minimum Gasteiger partial charge on any atom is -0.314 e. The second-order valence-electron chi connectivity index (χ2n) is 5.11. The Morgan fingerprint density at radius 2 is 1.89 bits per heavy atom. The van der Waals surface area contributed by atoms with Gasteiger partial charge in [0.15, 0.2) is 5.78 Å². The molecule has 0 aliphatic carbocycles. The van der Waals surface area contributed by atoms with Crippen LogP contribution in [-0.2, 0) is 0 Å². The zero-order valence-electron chi connectivity index (χ0n) is 10.9.